The standard InChI is InChI=1S/C25H34ClN3O3.ClH/c1-17-12-24(27-28(17)2)19-6-10-21(11-7-19)29-15-23(14-25(30)31-3)32-16-22(29)13-18-4-8-20(26)9-5-18;/h4-5,8-9,12,19,21-23H,6-7,10-11,13-16H2,1-3H3;1H/t19?,21?,22-,23-;/m0./s1. The minimum atomic E-state index is -0.208. The van der Waals surface area contributed by atoms with E-state index in [9.17, 15) is 4.79 Å². The first-order chi connectivity index (χ1) is 15.4. The number of halogens is 2. The van der Waals surface area contributed by atoms with Gasteiger partial charge in [0.25, 0.3) is 0 Å². The molecule has 0 unspecified atom stereocenters. The fourth-order valence-electron chi connectivity index (χ4n) is 5.18. The molecule has 1 saturated carbocycles. The maximum atomic E-state index is 11.9. The lowest BCUT2D eigenvalue weighted by Crippen LogP contribution is -2.55. The second kappa shape index (κ2) is 11.7. The molecule has 1 aliphatic heterocycles. The number of carbonyl (C=O) groups is 1. The van der Waals surface area contributed by atoms with Gasteiger partial charge in [0.1, 0.15) is 0 Å². The predicted octanol–water partition coefficient (Wildman–Crippen LogP) is 4.71. The summed E-state index contributed by atoms with van der Waals surface area (Å²) in [6, 6.07) is 11.1. The first-order valence-corrected chi connectivity index (χ1v) is 12.0. The van der Waals surface area contributed by atoms with Crippen molar-refractivity contribution in [1.29, 1.82) is 0 Å². The van der Waals surface area contributed by atoms with Crippen molar-refractivity contribution in [2.45, 2.75) is 69.6 Å². The number of carbonyl (C=O) groups excluding carboxylic acids is 1. The molecule has 33 heavy (non-hydrogen) atoms. The van der Waals surface area contributed by atoms with Crippen molar-refractivity contribution in [3.8, 4) is 0 Å². The van der Waals surface area contributed by atoms with Crippen molar-refractivity contribution in [3.63, 3.8) is 0 Å². The summed E-state index contributed by atoms with van der Waals surface area (Å²) in [5.41, 5.74) is 3.70. The van der Waals surface area contributed by atoms with Crippen molar-refractivity contribution in [2.24, 2.45) is 7.05 Å². The second-order valence-electron chi connectivity index (χ2n) is 9.26. The molecular formula is C25H35Cl2N3O3. The van der Waals surface area contributed by atoms with E-state index in [2.05, 4.69) is 30.0 Å². The molecule has 2 fully saturated rings. The summed E-state index contributed by atoms with van der Waals surface area (Å²) < 4.78 is 13.0. The van der Waals surface area contributed by atoms with Gasteiger partial charge in [-0.3, -0.25) is 14.4 Å². The zero-order valence-corrected chi connectivity index (χ0v) is 21.3. The zero-order chi connectivity index (χ0) is 22.7. The molecule has 182 valence electrons. The fraction of sp³-hybridized carbons (Fsp3) is 0.600. The van der Waals surface area contributed by atoms with E-state index in [1.165, 1.54) is 24.1 Å². The van der Waals surface area contributed by atoms with E-state index in [1.54, 1.807) is 0 Å². The molecule has 2 atom stereocenters. The average Bonchev–Trinajstić information content (AvgIpc) is 3.14. The lowest BCUT2D eigenvalue weighted by Gasteiger charge is -2.46. The largest absolute Gasteiger partial charge is 0.469 e. The molecule has 0 radical (unpaired) electrons. The van der Waals surface area contributed by atoms with Crippen molar-refractivity contribution >= 4 is 30.0 Å². The van der Waals surface area contributed by atoms with Crippen molar-refractivity contribution in [1.82, 2.24) is 14.7 Å². The molecule has 4 rings (SSSR count). The Balaban J connectivity index is 0.00000306. The van der Waals surface area contributed by atoms with Crippen LogP contribution < -0.4 is 0 Å². The number of esters is 1. The summed E-state index contributed by atoms with van der Waals surface area (Å²) in [6.07, 6.45) is 5.69. The molecule has 8 heteroatoms. The van der Waals surface area contributed by atoms with Crippen LogP contribution in [-0.2, 0) is 27.7 Å². The number of aromatic nitrogens is 2. The average molecular weight is 496 g/mol. The Hall–Kier alpha value is -1.60. The topological polar surface area (TPSA) is 56.6 Å². The highest BCUT2D eigenvalue weighted by Gasteiger charge is 2.37. The van der Waals surface area contributed by atoms with Crippen LogP contribution in [0.15, 0.2) is 30.3 Å². The number of ether oxygens (including phenoxy) is 2. The molecule has 0 amide bonds. The van der Waals surface area contributed by atoms with E-state index in [-0.39, 0.29) is 24.5 Å². The maximum Gasteiger partial charge on any atom is 0.308 e. The Bertz CT molecular complexity index is 891. The van der Waals surface area contributed by atoms with Gasteiger partial charge in [0.15, 0.2) is 0 Å². The van der Waals surface area contributed by atoms with Gasteiger partial charge in [0.05, 0.1) is 31.9 Å². The Kier molecular flexibility index (Phi) is 9.22. The molecular weight excluding hydrogens is 461 g/mol. The number of hydrogen-bond acceptors (Lipinski definition) is 5. The highest BCUT2D eigenvalue weighted by atomic mass is 35.5. The van der Waals surface area contributed by atoms with Crippen LogP contribution >= 0.6 is 24.0 Å². The van der Waals surface area contributed by atoms with Crippen LogP contribution in [-0.4, -0.2) is 59.1 Å². The van der Waals surface area contributed by atoms with Gasteiger partial charge in [-0.15, -0.1) is 12.4 Å². The van der Waals surface area contributed by atoms with E-state index < -0.39 is 0 Å². The minimum absolute atomic E-state index is 0. The quantitative estimate of drug-likeness (QED) is 0.543. The zero-order valence-electron chi connectivity index (χ0n) is 19.7. The third-order valence-corrected chi connectivity index (χ3v) is 7.38. The molecule has 1 aromatic carbocycles. The van der Waals surface area contributed by atoms with Gasteiger partial charge in [-0.05, 0) is 62.8 Å². The summed E-state index contributed by atoms with van der Waals surface area (Å²) in [5, 5.41) is 5.48. The Morgan fingerprint density at radius 2 is 1.91 bits per heavy atom. The van der Waals surface area contributed by atoms with Gasteiger partial charge in [-0.25, -0.2) is 0 Å². The van der Waals surface area contributed by atoms with E-state index >= 15 is 0 Å². The normalized spacial score (nSPS) is 25.9. The van der Waals surface area contributed by atoms with Crippen LogP contribution in [0.25, 0.3) is 0 Å². The molecule has 6 nitrogen and oxygen atoms in total. The molecule has 1 saturated heterocycles. The molecule has 1 aromatic heterocycles. The van der Waals surface area contributed by atoms with Gasteiger partial charge >= 0.3 is 5.97 Å². The third kappa shape index (κ3) is 6.50. The highest BCUT2D eigenvalue weighted by molar-refractivity contribution is 6.30. The third-order valence-electron chi connectivity index (χ3n) is 7.13. The minimum Gasteiger partial charge on any atom is -0.469 e. The lowest BCUT2D eigenvalue weighted by atomic mass is 9.82. The van der Waals surface area contributed by atoms with Crippen LogP contribution in [0.2, 0.25) is 5.02 Å². The van der Waals surface area contributed by atoms with Gasteiger partial charge < -0.3 is 9.47 Å². The van der Waals surface area contributed by atoms with Crippen LogP contribution in [0.4, 0.5) is 0 Å². The predicted molar refractivity (Wildman–Crippen MR) is 132 cm³/mol. The number of morpholine rings is 1. The van der Waals surface area contributed by atoms with Gasteiger partial charge in [-0.2, -0.15) is 5.10 Å². The Morgan fingerprint density at radius 3 is 2.52 bits per heavy atom. The molecule has 1 aliphatic carbocycles. The van der Waals surface area contributed by atoms with Crippen molar-refractivity contribution in [3.05, 3.63) is 52.3 Å². The Labute approximate surface area is 208 Å². The smallest absolute Gasteiger partial charge is 0.308 e. The molecule has 2 aromatic rings. The molecule has 0 bridgehead atoms. The monoisotopic (exact) mass is 495 g/mol. The van der Waals surface area contributed by atoms with Gasteiger partial charge in [0, 0.05) is 42.3 Å². The van der Waals surface area contributed by atoms with Crippen LogP contribution in [0.3, 0.4) is 0 Å². The fourth-order valence-corrected chi connectivity index (χ4v) is 5.31. The number of rotatable bonds is 6. The summed E-state index contributed by atoms with van der Waals surface area (Å²) in [4.78, 5) is 14.5. The van der Waals surface area contributed by atoms with E-state index in [0.717, 1.165) is 43.7 Å². The number of hydrogen-bond donors (Lipinski definition) is 0. The van der Waals surface area contributed by atoms with E-state index in [1.807, 2.05) is 23.9 Å². The highest BCUT2D eigenvalue weighted by Crippen LogP contribution is 2.36. The second-order valence-corrected chi connectivity index (χ2v) is 9.69. The van der Waals surface area contributed by atoms with Crippen LogP contribution in [0, 0.1) is 6.92 Å². The first-order valence-electron chi connectivity index (χ1n) is 11.6. The van der Waals surface area contributed by atoms with Crippen LogP contribution in [0.1, 0.15) is 55.0 Å². The molecule has 0 spiro atoms. The lowest BCUT2D eigenvalue weighted by molar-refractivity contribution is -0.148. The summed E-state index contributed by atoms with van der Waals surface area (Å²) in [5.74, 6) is 0.327. The summed E-state index contributed by atoms with van der Waals surface area (Å²) >= 11 is 6.08. The molecule has 2 heterocycles. The number of aryl methyl sites for hydroxylation is 2. The summed E-state index contributed by atoms with van der Waals surface area (Å²) in [7, 11) is 3.45. The van der Waals surface area contributed by atoms with Crippen molar-refractivity contribution in [2.75, 3.05) is 20.3 Å². The van der Waals surface area contributed by atoms with E-state index in [0.29, 0.717) is 31.0 Å². The number of benzene rings is 1. The van der Waals surface area contributed by atoms with Gasteiger partial charge in [0.2, 0.25) is 0 Å². The molecule has 2 aliphatic rings. The van der Waals surface area contributed by atoms with Crippen molar-refractivity contribution < 1.29 is 14.3 Å². The number of methoxy groups -OCH3 is 1. The van der Waals surface area contributed by atoms with Crippen LogP contribution in [0.5, 0.6) is 0 Å². The number of nitrogens with zero attached hydrogens (tertiary/aromatic N) is 3. The van der Waals surface area contributed by atoms with Gasteiger partial charge in [-0.1, -0.05) is 23.7 Å². The van der Waals surface area contributed by atoms with E-state index in [4.69, 9.17) is 26.2 Å². The maximum absolute atomic E-state index is 11.9. The summed E-state index contributed by atoms with van der Waals surface area (Å²) in [6.45, 7) is 3.51. The Morgan fingerprint density at radius 1 is 1.21 bits per heavy atom. The first kappa shape index (κ1) is 26.0. The molecule has 0 N–H and O–H groups in total. The SMILES string of the molecule is COC(=O)C[C@H]1CN(C2CCC(c3cc(C)n(C)n3)CC2)[C@@H](Cc2ccc(Cl)cc2)CO1.Cl.